The molecule has 5 rings (SSSR count). The highest BCUT2D eigenvalue weighted by Crippen LogP contribution is 2.43. The molecular formula is C24H12O8. The van der Waals surface area contributed by atoms with Crippen LogP contribution in [-0.4, -0.2) is 44.3 Å². The van der Waals surface area contributed by atoms with E-state index < -0.39 is 23.9 Å². The van der Waals surface area contributed by atoms with E-state index >= 15 is 0 Å². The van der Waals surface area contributed by atoms with Crippen LogP contribution in [0, 0.1) is 0 Å². The van der Waals surface area contributed by atoms with E-state index in [2.05, 4.69) is 0 Å². The van der Waals surface area contributed by atoms with Gasteiger partial charge in [0.05, 0.1) is 22.3 Å². The topological polar surface area (TPSA) is 149 Å². The molecule has 5 aromatic carbocycles. The number of benzene rings is 5. The molecule has 156 valence electrons. The standard InChI is InChI=1S/C24H12O8/c25-21(26)13-5-1-9-10-2-6-15(23(29)30)20-16(24(31)32)8-4-12(18(10)20)11-3-7-14(22(27)28)19(13)17(9)11/h1-8H,(H,25,26)(H,27,28)(H,29,30)(H,31,32). The van der Waals surface area contributed by atoms with E-state index in [4.69, 9.17) is 0 Å². The Hall–Kier alpha value is -4.72. The van der Waals surface area contributed by atoms with Gasteiger partial charge in [0.15, 0.2) is 0 Å². The molecule has 0 saturated heterocycles. The summed E-state index contributed by atoms with van der Waals surface area (Å²) in [5, 5.41) is 41.7. The van der Waals surface area contributed by atoms with E-state index in [9.17, 15) is 39.6 Å². The second-order valence-electron chi connectivity index (χ2n) is 7.36. The molecule has 0 fully saturated rings. The highest BCUT2D eigenvalue weighted by Gasteiger charge is 2.25. The summed E-state index contributed by atoms with van der Waals surface area (Å²) in [6.45, 7) is 0. The summed E-state index contributed by atoms with van der Waals surface area (Å²) in [6.07, 6.45) is 0. The number of carbonyl (C=O) groups is 4. The lowest BCUT2D eigenvalue weighted by molar-refractivity contribution is 0.0681. The fourth-order valence-corrected chi connectivity index (χ4v) is 4.60. The van der Waals surface area contributed by atoms with E-state index in [1.54, 1.807) is 0 Å². The number of aromatic carboxylic acids is 4. The van der Waals surface area contributed by atoms with Gasteiger partial charge < -0.3 is 20.4 Å². The maximum Gasteiger partial charge on any atom is 0.336 e. The Morgan fingerprint density at radius 1 is 0.375 bits per heavy atom. The van der Waals surface area contributed by atoms with Crippen LogP contribution in [0.4, 0.5) is 0 Å². The molecule has 0 aliphatic heterocycles. The fraction of sp³-hybridized carbons (Fsp3) is 0. The first-order chi connectivity index (χ1) is 15.2. The summed E-state index contributed by atoms with van der Waals surface area (Å²) in [6, 6.07) is 11.4. The van der Waals surface area contributed by atoms with Crippen LogP contribution in [0.15, 0.2) is 48.5 Å². The van der Waals surface area contributed by atoms with Crippen molar-refractivity contribution >= 4 is 67.0 Å². The van der Waals surface area contributed by atoms with Crippen LogP contribution < -0.4 is 0 Å². The average Bonchev–Trinajstić information content (AvgIpc) is 2.75. The predicted molar refractivity (Wildman–Crippen MR) is 115 cm³/mol. The zero-order valence-corrected chi connectivity index (χ0v) is 16.0. The molecule has 32 heavy (non-hydrogen) atoms. The van der Waals surface area contributed by atoms with Gasteiger partial charge in [-0.25, -0.2) is 19.2 Å². The van der Waals surface area contributed by atoms with Gasteiger partial charge in [0.1, 0.15) is 0 Å². The van der Waals surface area contributed by atoms with Crippen molar-refractivity contribution < 1.29 is 39.6 Å². The monoisotopic (exact) mass is 428 g/mol. The predicted octanol–water partition coefficient (Wildman–Crippen LogP) is 4.53. The van der Waals surface area contributed by atoms with Gasteiger partial charge >= 0.3 is 23.9 Å². The Kier molecular flexibility index (Phi) is 3.84. The van der Waals surface area contributed by atoms with Gasteiger partial charge in [-0.1, -0.05) is 24.3 Å². The van der Waals surface area contributed by atoms with Gasteiger partial charge in [-0.3, -0.25) is 0 Å². The molecule has 0 saturated carbocycles. The summed E-state index contributed by atoms with van der Waals surface area (Å²) in [5.74, 6) is -5.13. The zero-order valence-electron chi connectivity index (χ0n) is 16.0. The summed E-state index contributed by atoms with van der Waals surface area (Å²) in [4.78, 5) is 47.5. The Bertz CT molecular complexity index is 1440. The number of carboxylic acids is 4. The summed E-state index contributed by atoms with van der Waals surface area (Å²) in [7, 11) is 0. The summed E-state index contributed by atoms with van der Waals surface area (Å²) >= 11 is 0. The van der Waals surface area contributed by atoms with Crippen molar-refractivity contribution in [3.05, 3.63) is 70.8 Å². The zero-order chi connectivity index (χ0) is 22.9. The van der Waals surface area contributed by atoms with Crippen molar-refractivity contribution in [2.45, 2.75) is 0 Å². The second-order valence-corrected chi connectivity index (χ2v) is 7.36. The minimum Gasteiger partial charge on any atom is -0.478 e. The quantitative estimate of drug-likeness (QED) is 0.241. The second kappa shape index (κ2) is 6.39. The lowest BCUT2D eigenvalue weighted by atomic mass is 9.84. The molecule has 0 aliphatic rings. The molecule has 8 heteroatoms. The van der Waals surface area contributed by atoms with Crippen molar-refractivity contribution in [2.24, 2.45) is 0 Å². The molecule has 0 aromatic heterocycles. The molecular weight excluding hydrogens is 416 g/mol. The van der Waals surface area contributed by atoms with Gasteiger partial charge in [-0.05, 0) is 56.6 Å². The lowest BCUT2D eigenvalue weighted by Crippen LogP contribution is -2.07. The summed E-state index contributed by atoms with van der Waals surface area (Å²) in [5.41, 5.74) is -0.696. The van der Waals surface area contributed by atoms with Crippen LogP contribution in [0.3, 0.4) is 0 Å². The normalized spacial score (nSPS) is 11.5. The van der Waals surface area contributed by atoms with Crippen LogP contribution in [0.25, 0.3) is 43.1 Å². The number of fused-ring (bicyclic) bond motifs is 2. The average molecular weight is 428 g/mol. The van der Waals surface area contributed by atoms with Gasteiger partial charge in [0.25, 0.3) is 0 Å². The van der Waals surface area contributed by atoms with Crippen molar-refractivity contribution in [1.29, 1.82) is 0 Å². The van der Waals surface area contributed by atoms with Crippen molar-refractivity contribution in [3.8, 4) is 0 Å². The van der Waals surface area contributed by atoms with E-state index in [1.807, 2.05) is 0 Å². The van der Waals surface area contributed by atoms with Gasteiger partial charge in [-0.15, -0.1) is 0 Å². The first kappa shape index (κ1) is 19.3. The maximum atomic E-state index is 11.9. The molecule has 0 radical (unpaired) electrons. The highest BCUT2D eigenvalue weighted by atomic mass is 16.4. The Balaban J connectivity index is 2.17. The number of hydrogen-bond donors (Lipinski definition) is 4. The minimum atomic E-state index is -1.28. The lowest BCUT2D eigenvalue weighted by Gasteiger charge is -2.18. The van der Waals surface area contributed by atoms with Crippen LogP contribution >= 0.6 is 0 Å². The van der Waals surface area contributed by atoms with E-state index in [0.717, 1.165) is 0 Å². The van der Waals surface area contributed by atoms with E-state index in [0.29, 0.717) is 32.3 Å². The fourth-order valence-electron chi connectivity index (χ4n) is 4.60. The van der Waals surface area contributed by atoms with Gasteiger partial charge in [0.2, 0.25) is 0 Å². The first-order valence-corrected chi connectivity index (χ1v) is 9.35. The third kappa shape index (κ3) is 2.37. The van der Waals surface area contributed by atoms with Crippen LogP contribution in [-0.2, 0) is 0 Å². The van der Waals surface area contributed by atoms with Crippen LogP contribution in [0.5, 0.6) is 0 Å². The Morgan fingerprint density at radius 3 is 0.781 bits per heavy atom. The summed E-state index contributed by atoms with van der Waals surface area (Å²) < 4.78 is 0. The molecule has 4 N–H and O–H groups in total. The third-order valence-corrected chi connectivity index (χ3v) is 5.82. The largest absolute Gasteiger partial charge is 0.478 e. The molecule has 0 bridgehead atoms. The van der Waals surface area contributed by atoms with Crippen molar-refractivity contribution in [1.82, 2.24) is 0 Å². The molecule has 0 aliphatic carbocycles. The number of hydrogen-bond acceptors (Lipinski definition) is 4. The maximum absolute atomic E-state index is 11.9. The molecule has 0 amide bonds. The third-order valence-electron chi connectivity index (χ3n) is 5.82. The highest BCUT2D eigenvalue weighted by molar-refractivity contribution is 6.38. The van der Waals surface area contributed by atoms with Crippen LogP contribution in [0.2, 0.25) is 0 Å². The Labute approximate surface area is 177 Å². The first-order valence-electron chi connectivity index (χ1n) is 9.35. The van der Waals surface area contributed by atoms with Gasteiger partial charge in [-0.2, -0.15) is 0 Å². The molecule has 0 heterocycles. The van der Waals surface area contributed by atoms with Crippen molar-refractivity contribution in [2.75, 3.05) is 0 Å². The smallest absolute Gasteiger partial charge is 0.336 e. The number of rotatable bonds is 4. The van der Waals surface area contributed by atoms with Crippen molar-refractivity contribution in [3.63, 3.8) is 0 Å². The SMILES string of the molecule is O=C(O)c1ccc2c3ccc(C(=O)O)c4c(C(=O)O)ccc(c5ccc(C(=O)O)c1c25)c43. The molecule has 5 aromatic rings. The molecule has 8 nitrogen and oxygen atoms in total. The van der Waals surface area contributed by atoms with Crippen LogP contribution in [0.1, 0.15) is 41.4 Å². The Morgan fingerprint density at radius 2 is 0.594 bits per heavy atom. The number of carboxylic acid groups (broad SMARTS) is 4. The molecule has 0 atom stereocenters. The van der Waals surface area contributed by atoms with E-state index in [-0.39, 0.29) is 33.0 Å². The minimum absolute atomic E-state index is 0.0587. The van der Waals surface area contributed by atoms with Gasteiger partial charge in [0, 0.05) is 10.8 Å². The molecule has 0 spiro atoms. The molecule has 0 unspecified atom stereocenters. The van der Waals surface area contributed by atoms with E-state index in [1.165, 1.54) is 48.5 Å².